The van der Waals surface area contributed by atoms with E-state index in [0.717, 1.165) is 31.5 Å². The summed E-state index contributed by atoms with van der Waals surface area (Å²) in [6.07, 6.45) is 4.73. The number of hydrogen-bond acceptors (Lipinski definition) is 3. The van der Waals surface area contributed by atoms with Crippen LogP contribution in [0.3, 0.4) is 0 Å². The Kier molecular flexibility index (Phi) is 3.37. The van der Waals surface area contributed by atoms with Crippen molar-refractivity contribution in [2.24, 2.45) is 0 Å². The number of anilines is 2. The van der Waals surface area contributed by atoms with Crippen molar-refractivity contribution in [2.75, 3.05) is 17.2 Å². The van der Waals surface area contributed by atoms with Crippen LogP contribution in [0, 0.1) is 0 Å². The van der Waals surface area contributed by atoms with E-state index in [1.54, 1.807) is 18.3 Å². The van der Waals surface area contributed by atoms with Gasteiger partial charge in [-0.1, -0.05) is 18.2 Å². The van der Waals surface area contributed by atoms with Gasteiger partial charge in [-0.2, -0.15) is 0 Å². The average molecular weight is 267 g/mol. The number of fused-ring (bicyclic) bond motifs is 1. The molecule has 0 bridgehead atoms. The highest BCUT2D eigenvalue weighted by molar-refractivity contribution is 6.06. The normalized spacial score (nSPS) is 14.5. The van der Waals surface area contributed by atoms with Gasteiger partial charge in [0.2, 0.25) is 0 Å². The van der Waals surface area contributed by atoms with E-state index in [1.807, 2.05) is 23.1 Å². The molecule has 20 heavy (non-hydrogen) atoms. The molecule has 1 aliphatic rings. The van der Waals surface area contributed by atoms with Crippen LogP contribution in [0.1, 0.15) is 28.8 Å². The Labute approximate surface area is 118 Å². The summed E-state index contributed by atoms with van der Waals surface area (Å²) in [5.74, 6) is 0.368. The molecule has 0 saturated heterocycles. The summed E-state index contributed by atoms with van der Waals surface area (Å²) in [5, 5.41) is 0. The molecule has 1 aliphatic heterocycles. The first-order valence-electron chi connectivity index (χ1n) is 6.87. The SMILES string of the molecule is Nc1cc(C(=O)N2CCCCc3ccccc32)ccn1. The van der Waals surface area contributed by atoms with E-state index in [0.29, 0.717) is 11.4 Å². The highest BCUT2D eigenvalue weighted by atomic mass is 16.2. The first kappa shape index (κ1) is 12.7. The highest BCUT2D eigenvalue weighted by Gasteiger charge is 2.22. The van der Waals surface area contributed by atoms with Gasteiger partial charge in [0.05, 0.1) is 0 Å². The van der Waals surface area contributed by atoms with E-state index in [2.05, 4.69) is 11.1 Å². The van der Waals surface area contributed by atoms with Gasteiger partial charge in [0.15, 0.2) is 0 Å². The molecule has 3 rings (SSSR count). The van der Waals surface area contributed by atoms with Crippen molar-refractivity contribution in [1.29, 1.82) is 0 Å². The Morgan fingerprint density at radius 3 is 2.90 bits per heavy atom. The lowest BCUT2D eigenvalue weighted by molar-refractivity contribution is 0.0987. The van der Waals surface area contributed by atoms with E-state index in [1.165, 1.54) is 5.56 Å². The molecular weight excluding hydrogens is 250 g/mol. The average Bonchev–Trinajstić information content (AvgIpc) is 2.69. The second-order valence-corrected chi connectivity index (χ2v) is 5.01. The van der Waals surface area contributed by atoms with E-state index < -0.39 is 0 Å². The van der Waals surface area contributed by atoms with Crippen LogP contribution in [-0.4, -0.2) is 17.4 Å². The molecule has 102 valence electrons. The van der Waals surface area contributed by atoms with Crippen molar-refractivity contribution in [1.82, 2.24) is 4.98 Å². The van der Waals surface area contributed by atoms with Crippen molar-refractivity contribution in [3.8, 4) is 0 Å². The standard InChI is InChI=1S/C16H17N3O/c17-15-11-13(8-9-18-15)16(20)19-10-4-3-6-12-5-1-2-7-14(12)19/h1-2,5,7-9,11H,3-4,6,10H2,(H2,17,18). The van der Waals surface area contributed by atoms with E-state index in [9.17, 15) is 4.79 Å². The number of para-hydroxylation sites is 1. The maximum absolute atomic E-state index is 12.7. The molecule has 4 nitrogen and oxygen atoms in total. The predicted octanol–water partition coefficient (Wildman–Crippen LogP) is 2.65. The van der Waals surface area contributed by atoms with Crippen molar-refractivity contribution in [3.63, 3.8) is 0 Å². The van der Waals surface area contributed by atoms with E-state index in [-0.39, 0.29) is 5.91 Å². The summed E-state index contributed by atoms with van der Waals surface area (Å²) in [7, 11) is 0. The van der Waals surface area contributed by atoms with Crippen LogP contribution < -0.4 is 10.6 Å². The Morgan fingerprint density at radius 2 is 2.05 bits per heavy atom. The molecule has 1 aromatic carbocycles. The van der Waals surface area contributed by atoms with Crippen LogP contribution in [-0.2, 0) is 6.42 Å². The van der Waals surface area contributed by atoms with Gasteiger partial charge in [0.1, 0.15) is 5.82 Å². The molecule has 0 atom stereocenters. The van der Waals surface area contributed by atoms with Gasteiger partial charge < -0.3 is 10.6 Å². The number of rotatable bonds is 1. The Hall–Kier alpha value is -2.36. The summed E-state index contributed by atoms with van der Waals surface area (Å²) >= 11 is 0. The molecule has 0 fully saturated rings. The van der Waals surface area contributed by atoms with Crippen molar-refractivity contribution in [3.05, 3.63) is 53.7 Å². The smallest absolute Gasteiger partial charge is 0.258 e. The zero-order valence-corrected chi connectivity index (χ0v) is 11.2. The molecule has 1 amide bonds. The Morgan fingerprint density at radius 1 is 1.20 bits per heavy atom. The Balaban J connectivity index is 1.99. The first-order valence-corrected chi connectivity index (χ1v) is 6.87. The molecule has 4 heteroatoms. The quantitative estimate of drug-likeness (QED) is 0.864. The zero-order valence-electron chi connectivity index (χ0n) is 11.2. The molecule has 2 aromatic rings. The third kappa shape index (κ3) is 2.37. The second-order valence-electron chi connectivity index (χ2n) is 5.01. The number of aryl methyl sites for hydroxylation is 1. The number of aromatic nitrogens is 1. The predicted molar refractivity (Wildman–Crippen MR) is 79.7 cm³/mol. The monoisotopic (exact) mass is 267 g/mol. The van der Waals surface area contributed by atoms with Crippen molar-refractivity contribution >= 4 is 17.4 Å². The Bertz CT molecular complexity index is 639. The summed E-state index contributed by atoms with van der Waals surface area (Å²) in [6.45, 7) is 0.748. The third-order valence-corrected chi connectivity index (χ3v) is 3.63. The van der Waals surface area contributed by atoms with E-state index >= 15 is 0 Å². The summed E-state index contributed by atoms with van der Waals surface area (Å²) < 4.78 is 0. The number of amides is 1. The molecular formula is C16H17N3O. The lowest BCUT2D eigenvalue weighted by Crippen LogP contribution is -2.31. The lowest BCUT2D eigenvalue weighted by atomic mass is 10.1. The topological polar surface area (TPSA) is 59.2 Å². The van der Waals surface area contributed by atoms with Crippen molar-refractivity contribution in [2.45, 2.75) is 19.3 Å². The number of carbonyl (C=O) groups excluding carboxylic acids is 1. The van der Waals surface area contributed by atoms with Gasteiger partial charge in [0.25, 0.3) is 5.91 Å². The summed E-state index contributed by atoms with van der Waals surface area (Å²) in [5.41, 5.74) is 8.52. The minimum absolute atomic E-state index is 0.00606. The lowest BCUT2D eigenvalue weighted by Gasteiger charge is -2.23. The van der Waals surface area contributed by atoms with Crippen LogP contribution in [0.5, 0.6) is 0 Å². The van der Waals surface area contributed by atoms with Crippen LogP contribution in [0.4, 0.5) is 11.5 Å². The van der Waals surface area contributed by atoms with Crippen LogP contribution >= 0.6 is 0 Å². The maximum Gasteiger partial charge on any atom is 0.258 e. The number of nitrogen functional groups attached to an aromatic ring is 1. The highest BCUT2D eigenvalue weighted by Crippen LogP contribution is 2.27. The minimum atomic E-state index is -0.00606. The van der Waals surface area contributed by atoms with Gasteiger partial charge in [-0.05, 0) is 43.0 Å². The fourth-order valence-corrected chi connectivity index (χ4v) is 2.64. The molecule has 1 aromatic heterocycles. The molecule has 0 radical (unpaired) electrons. The molecule has 0 unspecified atom stereocenters. The number of pyridine rings is 1. The van der Waals surface area contributed by atoms with Gasteiger partial charge >= 0.3 is 0 Å². The van der Waals surface area contributed by atoms with Gasteiger partial charge in [-0.3, -0.25) is 4.79 Å². The van der Waals surface area contributed by atoms with Crippen LogP contribution in [0.15, 0.2) is 42.6 Å². The zero-order chi connectivity index (χ0) is 13.9. The molecule has 0 spiro atoms. The minimum Gasteiger partial charge on any atom is -0.384 e. The van der Waals surface area contributed by atoms with E-state index in [4.69, 9.17) is 5.73 Å². The maximum atomic E-state index is 12.7. The van der Waals surface area contributed by atoms with Gasteiger partial charge in [0, 0.05) is 24.0 Å². The number of nitrogens with two attached hydrogens (primary N) is 1. The first-order chi connectivity index (χ1) is 9.75. The number of benzene rings is 1. The fraction of sp³-hybridized carbons (Fsp3) is 0.250. The molecule has 2 N–H and O–H groups in total. The summed E-state index contributed by atoms with van der Waals surface area (Å²) in [6, 6.07) is 11.5. The second kappa shape index (κ2) is 5.33. The molecule has 2 heterocycles. The fourth-order valence-electron chi connectivity index (χ4n) is 2.64. The summed E-state index contributed by atoms with van der Waals surface area (Å²) in [4.78, 5) is 18.5. The molecule has 0 aliphatic carbocycles. The molecule has 0 saturated carbocycles. The van der Waals surface area contributed by atoms with Crippen LogP contribution in [0.2, 0.25) is 0 Å². The third-order valence-electron chi connectivity index (χ3n) is 3.63. The number of hydrogen-bond donors (Lipinski definition) is 1. The number of nitrogens with zero attached hydrogens (tertiary/aromatic N) is 2. The van der Waals surface area contributed by atoms with Gasteiger partial charge in [-0.25, -0.2) is 4.98 Å². The van der Waals surface area contributed by atoms with Crippen LogP contribution in [0.25, 0.3) is 0 Å². The van der Waals surface area contributed by atoms with Gasteiger partial charge in [-0.15, -0.1) is 0 Å². The number of carbonyl (C=O) groups is 1. The largest absolute Gasteiger partial charge is 0.384 e. The van der Waals surface area contributed by atoms with Crippen molar-refractivity contribution < 1.29 is 4.79 Å².